The van der Waals surface area contributed by atoms with Crippen molar-refractivity contribution in [2.24, 2.45) is 0 Å². The summed E-state index contributed by atoms with van der Waals surface area (Å²) in [4.78, 5) is 20.4. The molecule has 0 unspecified atom stereocenters. The van der Waals surface area contributed by atoms with Crippen LogP contribution in [0, 0.1) is 0 Å². The Labute approximate surface area is 156 Å². The van der Waals surface area contributed by atoms with Gasteiger partial charge in [0.05, 0.1) is 0 Å². The monoisotopic (exact) mass is 358 g/mol. The van der Waals surface area contributed by atoms with Crippen LogP contribution in [0.25, 0.3) is 16.6 Å². The lowest BCUT2D eigenvalue weighted by atomic mass is 10.1. The number of hydrogen-bond donors (Lipinski definition) is 1. The fourth-order valence-corrected chi connectivity index (χ4v) is 2.76. The standard InChI is InChI=1S/C21H18N4O2/c26-21(14-27-19-6-5-17-3-1-2-4-18(17)12-19)24-13-16-7-8-23-20(11-16)25-10-9-22-15-25/h1-12,15H,13-14H2,(H,24,26). The number of ether oxygens (including phenoxy) is 1. The van der Waals surface area contributed by atoms with Crippen LogP contribution in [0.15, 0.2) is 79.5 Å². The van der Waals surface area contributed by atoms with E-state index in [9.17, 15) is 4.79 Å². The molecular formula is C21H18N4O2. The number of amides is 1. The third-order valence-electron chi connectivity index (χ3n) is 4.16. The molecule has 0 aliphatic carbocycles. The van der Waals surface area contributed by atoms with Crippen molar-refractivity contribution in [2.45, 2.75) is 6.54 Å². The predicted octanol–water partition coefficient (Wildman–Crippen LogP) is 3.12. The smallest absolute Gasteiger partial charge is 0.258 e. The zero-order chi connectivity index (χ0) is 18.5. The van der Waals surface area contributed by atoms with E-state index in [1.807, 2.05) is 65.4 Å². The minimum Gasteiger partial charge on any atom is -0.484 e. The number of aromatic nitrogens is 3. The number of hydrogen-bond acceptors (Lipinski definition) is 4. The number of pyridine rings is 1. The Kier molecular flexibility index (Phi) is 4.78. The molecule has 0 aliphatic heterocycles. The van der Waals surface area contributed by atoms with E-state index in [4.69, 9.17) is 4.74 Å². The van der Waals surface area contributed by atoms with Gasteiger partial charge in [0.1, 0.15) is 17.9 Å². The minimum absolute atomic E-state index is 0.0300. The van der Waals surface area contributed by atoms with Crippen LogP contribution in [0.4, 0.5) is 0 Å². The van der Waals surface area contributed by atoms with E-state index in [1.165, 1.54) is 0 Å². The van der Waals surface area contributed by atoms with E-state index >= 15 is 0 Å². The third kappa shape index (κ3) is 4.12. The topological polar surface area (TPSA) is 69.0 Å². The summed E-state index contributed by atoms with van der Waals surface area (Å²) < 4.78 is 7.42. The Balaban J connectivity index is 1.32. The summed E-state index contributed by atoms with van der Waals surface area (Å²) in [6.45, 7) is 0.377. The lowest BCUT2D eigenvalue weighted by molar-refractivity contribution is -0.123. The maximum atomic E-state index is 12.1. The van der Waals surface area contributed by atoms with Gasteiger partial charge in [0, 0.05) is 25.1 Å². The highest BCUT2D eigenvalue weighted by molar-refractivity contribution is 5.84. The van der Waals surface area contributed by atoms with Gasteiger partial charge in [-0.2, -0.15) is 0 Å². The first-order valence-corrected chi connectivity index (χ1v) is 8.59. The summed E-state index contributed by atoms with van der Waals surface area (Å²) in [7, 11) is 0. The molecule has 0 atom stereocenters. The average Bonchev–Trinajstić information content (AvgIpc) is 3.26. The molecule has 134 valence electrons. The third-order valence-corrected chi connectivity index (χ3v) is 4.16. The van der Waals surface area contributed by atoms with Crippen molar-refractivity contribution >= 4 is 16.7 Å². The van der Waals surface area contributed by atoms with Crippen LogP contribution < -0.4 is 10.1 Å². The molecule has 0 saturated heterocycles. The van der Waals surface area contributed by atoms with Gasteiger partial charge in [-0.15, -0.1) is 0 Å². The van der Waals surface area contributed by atoms with Gasteiger partial charge in [-0.1, -0.05) is 30.3 Å². The number of carbonyl (C=O) groups is 1. The molecule has 4 rings (SSSR count). The van der Waals surface area contributed by atoms with E-state index in [1.54, 1.807) is 18.7 Å². The molecule has 4 aromatic rings. The summed E-state index contributed by atoms with van der Waals surface area (Å²) in [6.07, 6.45) is 6.91. The van der Waals surface area contributed by atoms with Crippen molar-refractivity contribution in [3.05, 3.63) is 85.1 Å². The number of nitrogens with zero attached hydrogens (tertiary/aromatic N) is 3. The molecule has 2 aromatic carbocycles. The van der Waals surface area contributed by atoms with Gasteiger partial charge < -0.3 is 10.1 Å². The van der Waals surface area contributed by atoms with E-state index in [0.717, 1.165) is 22.2 Å². The number of nitrogens with one attached hydrogen (secondary N) is 1. The highest BCUT2D eigenvalue weighted by Crippen LogP contribution is 2.20. The van der Waals surface area contributed by atoms with Crippen LogP contribution in [0.3, 0.4) is 0 Å². The van der Waals surface area contributed by atoms with Gasteiger partial charge in [-0.3, -0.25) is 9.36 Å². The SMILES string of the molecule is O=C(COc1ccc2ccccc2c1)NCc1ccnc(-n2ccnc2)c1. The molecule has 0 radical (unpaired) electrons. The fourth-order valence-electron chi connectivity index (χ4n) is 2.76. The van der Waals surface area contributed by atoms with Crippen molar-refractivity contribution in [3.63, 3.8) is 0 Å². The van der Waals surface area contributed by atoms with Crippen molar-refractivity contribution in [1.29, 1.82) is 0 Å². The quantitative estimate of drug-likeness (QED) is 0.575. The molecule has 0 aliphatic rings. The summed E-state index contributed by atoms with van der Waals surface area (Å²) in [5.41, 5.74) is 0.952. The van der Waals surface area contributed by atoms with Gasteiger partial charge in [-0.05, 0) is 40.6 Å². The Morgan fingerprint density at radius 2 is 1.93 bits per heavy atom. The Bertz CT molecular complexity index is 1060. The predicted molar refractivity (Wildman–Crippen MR) is 103 cm³/mol. The van der Waals surface area contributed by atoms with Gasteiger partial charge in [-0.25, -0.2) is 9.97 Å². The summed E-state index contributed by atoms with van der Waals surface area (Å²) in [5, 5.41) is 5.08. The highest BCUT2D eigenvalue weighted by Gasteiger charge is 2.05. The van der Waals surface area contributed by atoms with Gasteiger partial charge >= 0.3 is 0 Å². The molecule has 0 bridgehead atoms. The second-order valence-electron chi connectivity index (χ2n) is 6.07. The molecule has 2 aromatic heterocycles. The van der Waals surface area contributed by atoms with Crippen molar-refractivity contribution < 1.29 is 9.53 Å². The molecule has 2 heterocycles. The Hall–Kier alpha value is -3.67. The minimum atomic E-state index is -0.177. The lowest BCUT2D eigenvalue weighted by Crippen LogP contribution is -2.28. The van der Waals surface area contributed by atoms with Crippen LogP contribution in [-0.2, 0) is 11.3 Å². The molecule has 6 nitrogen and oxygen atoms in total. The Morgan fingerprint density at radius 3 is 2.78 bits per heavy atom. The molecule has 1 amide bonds. The van der Waals surface area contributed by atoms with Crippen molar-refractivity contribution in [1.82, 2.24) is 19.9 Å². The normalized spacial score (nSPS) is 10.7. The molecule has 0 fully saturated rings. The van der Waals surface area contributed by atoms with E-state index in [-0.39, 0.29) is 12.5 Å². The Morgan fingerprint density at radius 1 is 1.04 bits per heavy atom. The average molecular weight is 358 g/mol. The number of rotatable bonds is 6. The van der Waals surface area contributed by atoms with Crippen LogP contribution >= 0.6 is 0 Å². The van der Waals surface area contributed by atoms with Crippen molar-refractivity contribution in [2.75, 3.05) is 6.61 Å². The molecule has 6 heteroatoms. The molecular weight excluding hydrogens is 340 g/mol. The molecule has 0 spiro atoms. The van der Waals surface area contributed by atoms with Crippen LogP contribution in [0.5, 0.6) is 5.75 Å². The lowest BCUT2D eigenvalue weighted by Gasteiger charge is -2.09. The maximum Gasteiger partial charge on any atom is 0.258 e. The summed E-state index contributed by atoms with van der Waals surface area (Å²) >= 11 is 0. The largest absolute Gasteiger partial charge is 0.484 e. The number of carbonyl (C=O) groups excluding carboxylic acids is 1. The van der Waals surface area contributed by atoms with E-state index < -0.39 is 0 Å². The van der Waals surface area contributed by atoms with Gasteiger partial charge in [0.2, 0.25) is 0 Å². The number of fused-ring (bicyclic) bond motifs is 1. The molecule has 0 saturated carbocycles. The summed E-state index contributed by atoms with van der Waals surface area (Å²) in [6, 6.07) is 17.6. The van der Waals surface area contributed by atoms with Gasteiger partial charge in [0.25, 0.3) is 5.91 Å². The van der Waals surface area contributed by atoms with Crippen LogP contribution in [0.2, 0.25) is 0 Å². The first-order valence-electron chi connectivity index (χ1n) is 8.59. The number of imidazole rings is 1. The maximum absolute atomic E-state index is 12.1. The summed E-state index contributed by atoms with van der Waals surface area (Å²) in [5.74, 6) is 1.26. The van der Waals surface area contributed by atoms with E-state index in [0.29, 0.717) is 12.3 Å². The van der Waals surface area contributed by atoms with Crippen LogP contribution in [0.1, 0.15) is 5.56 Å². The zero-order valence-corrected chi connectivity index (χ0v) is 14.6. The molecule has 1 N–H and O–H groups in total. The first kappa shape index (κ1) is 16.8. The van der Waals surface area contributed by atoms with Crippen LogP contribution in [-0.4, -0.2) is 27.0 Å². The van der Waals surface area contributed by atoms with Crippen molar-refractivity contribution in [3.8, 4) is 11.6 Å². The second kappa shape index (κ2) is 7.70. The van der Waals surface area contributed by atoms with E-state index in [2.05, 4.69) is 15.3 Å². The molecule has 27 heavy (non-hydrogen) atoms. The fraction of sp³-hybridized carbons (Fsp3) is 0.0952. The number of benzene rings is 2. The first-order chi connectivity index (χ1) is 13.3. The second-order valence-corrected chi connectivity index (χ2v) is 6.07. The highest BCUT2D eigenvalue weighted by atomic mass is 16.5. The zero-order valence-electron chi connectivity index (χ0n) is 14.6. The van der Waals surface area contributed by atoms with Gasteiger partial charge in [0.15, 0.2) is 6.61 Å².